The van der Waals surface area contributed by atoms with Crippen molar-refractivity contribution in [3.8, 4) is 0 Å². The third-order valence-electron chi connectivity index (χ3n) is 4.44. The summed E-state index contributed by atoms with van der Waals surface area (Å²) >= 11 is 17.6. The van der Waals surface area contributed by atoms with E-state index in [0.29, 0.717) is 22.3 Å². The van der Waals surface area contributed by atoms with Crippen LogP contribution in [0.4, 0.5) is 5.69 Å². The van der Waals surface area contributed by atoms with Crippen molar-refractivity contribution in [1.29, 1.82) is 0 Å². The minimum atomic E-state index is -0.370. The highest BCUT2D eigenvalue weighted by molar-refractivity contribution is 7.80. The molecule has 0 aliphatic heterocycles. The van der Waals surface area contributed by atoms with Gasteiger partial charge in [-0.25, -0.2) is 0 Å². The summed E-state index contributed by atoms with van der Waals surface area (Å²) in [6, 6.07) is 16.4. The largest absolute Gasteiger partial charge is 0.331 e. The van der Waals surface area contributed by atoms with Gasteiger partial charge < -0.3 is 5.32 Å². The smallest absolute Gasteiger partial charge is 0.287 e. The lowest BCUT2D eigenvalue weighted by Crippen LogP contribution is -2.44. The zero-order chi connectivity index (χ0) is 22.6. The van der Waals surface area contributed by atoms with E-state index in [9.17, 15) is 4.79 Å². The molecule has 0 spiro atoms. The fourth-order valence-electron chi connectivity index (χ4n) is 2.76. The second-order valence-corrected chi connectivity index (χ2v) is 9.21. The Morgan fingerprint density at radius 1 is 1.06 bits per heavy atom. The number of aromatic nitrogens is 2. The van der Waals surface area contributed by atoms with Gasteiger partial charge in [-0.3, -0.25) is 20.3 Å². The van der Waals surface area contributed by atoms with Crippen molar-refractivity contribution >= 4 is 52.1 Å². The van der Waals surface area contributed by atoms with Crippen LogP contribution in [0, 0.1) is 0 Å². The zero-order valence-corrected chi connectivity index (χ0v) is 19.7. The Morgan fingerprint density at radius 2 is 1.77 bits per heavy atom. The van der Waals surface area contributed by atoms with Gasteiger partial charge in [0.25, 0.3) is 5.91 Å². The van der Waals surface area contributed by atoms with Crippen LogP contribution in [0.2, 0.25) is 10.0 Å². The molecule has 1 amide bonds. The van der Waals surface area contributed by atoms with Gasteiger partial charge in [0, 0.05) is 21.1 Å². The van der Waals surface area contributed by atoms with Crippen LogP contribution < -0.4 is 16.2 Å². The van der Waals surface area contributed by atoms with E-state index in [2.05, 4.69) is 21.3 Å². The van der Waals surface area contributed by atoms with E-state index in [1.807, 2.05) is 57.2 Å². The summed E-state index contributed by atoms with van der Waals surface area (Å²) in [5, 5.41) is 8.97. The maximum Gasteiger partial charge on any atom is 0.287 e. The van der Waals surface area contributed by atoms with Crippen LogP contribution in [0.15, 0.2) is 54.6 Å². The topological polar surface area (TPSA) is 71.0 Å². The molecular formula is C22H23Cl2N5OS. The number of hydrogen-bond acceptors (Lipinski definition) is 3. The Kier molecular flexibility index (Phi) is 7.20. The Hall–Kier alpha value is -2.61. The molecule has 0 aliphatic carbocycles. The highest BCUT2D eigenvalue weighted by Crippen LogP contribution is 2.25. The van der Waals surface area contributed by atoms with Crippen molar-refractivity contribution in [2.45, 2.75) is 32.7 Å². The molecule has 0 unspecified atom stereocenters. The van der Waals surface area contributed by atoms with Gasteiger partial charge in [0.1, 0.15) is 5.69 Å². The fraction of sp³-hybridized carbons (Fsp3) is 0.227. The number of carbonyl (C=O) groups excluding carboxylic acids is 1. The summed E-state index contributed by atoms with van der Waals surface area (Å²) in [6.45, 7) is 6.43. The minimum Gasteiger partial charge on any atom is -0.331 e. The Bertz CT molecular complexity index is 1090. The molecule has 3 rings (SSSR count). The van der Waals surface area contributed by atoms with Crippen molar-refractivity contribution < 1.29 is 4.79 Å². The molecule has 0 atom stereocenters. The van der Waals surface area contributed by atoms with Crippen LogP contribution >= 0.6 is 35.4 Å². The lowest BCUT2D eigenvalue weighted by Gasteiger charge is -2.14. The molecule has 0 saturated heterocycles. The SMILES string of the molecule is CC(C)(C)c1cc(C(=O)NNC(=S)Nc2ccccc2)n(Cc2ccc(Cl)cc2Cl)n1. The maximum absolute atomic E-state index is 12.9. The molecule has 9 heteroatoms. The number of nitrogens with one attached hydrogen (secondary N) is 3. The predicted octanol–water partition coefficient (Wildman–Crippen LogP) is 5.17. The lowest BCUT2D eigenvalue weighted by molar-refractivity contribution is 0.0934. The number of nitrogens with zero attached hydrogens (tertiary/aromatic N) is 2. The van der Waals surface area contributed by atoms with Crippen molar-refractivity contribution in [3.63, 3.8) is 0 Å². The van der Waals surface area contributed by atoms with E-state index in [1.165, 1.54) is 0 Å². The van der Waals surface area contributed by atoms with Gasteiger partial charge in [0.05, 0.1) is 12.2 Å². The van der Waals surface area contributed by atoms with Crippen LogP contribution in [-0.2, 0) is 12.0 Å². The summed E-state index contributed by atoms with van der Waals surface area (Å²) in [6.07, 6.45) is 0. The van der Waals surface area contributed by atoms with Gasteiger partial charge in [-0.2, -0.15) is 5.10 Å². The number of halogens is 2. The van der Waals surface area contributed by atoms with Crippen molar-refractivity contribution in [3.05, 3.63) is 81.6 Å². The molecule has 1 aromatic heterocycles. The molecule has 2 aromatic carbocycles. The fourth-order valence-corrected chi connectivity index (χ4v) is 3.40. The highest BCUT2D eigenvalue weighted by atomic mass is 35.5. The first-order valence-electron chi connectivity index (χ1n) is 9.58. The molecule has 0 fully saturated rings. The summed E-state index contributed by atoms with van der Waals surface area (Å²) in [5.41, 5.74) is 7.90. The van der Waals surface area contributed by atoms with Crippen LogP contribution in [0.5, 0.6) is 0 Å². The number of amides is 1. The first-order valence-corrected chi connectivity index (χ1v) is 10.7. The van der Waals surface area contributed by atoms with Crippen LogP contribution in [-0.4, -0.2) is 20.8 Å². The minimum absolute atomic E-state index is 0.234. The zero-order valence-electron chi connectivity index (χ0n) is 17.4. The van der Waals surface area contributed by atoms with Gasteiger partial charge >= 0.3 is 0 Å². The summed E-state index contributed by atoms with van der Waals surface area (Å²) in [4.78, 5) is 12.9. The number of benzene rings is 2. The summed E-state index contributed by atoms with van der Waals surface area (Å²) in [5.74, 6) is -0.370. The number of thiocarbonyl (C=S) groups is 1. The molecule has 0 aliphatic rings. The Morgan fingerprint density at radius 3 is 2.42 bits per heavy atom. The molecule has 3 aromatic rings. The number of rotatable bonds is 4. The van der Waals surface area contributed by atoms with Crippen LogP contribution in [0.3, 0.4) is 0 Å². The van der Waals surface area contributed by atoms with E-state index in [1.54, 1.807) is 22.9 Å². The molecule has 0 saturated carbocycles. The summed E-state index contributed by atoms with van der Waals surface area (Å²) < 4.78 is 1.63. The third kappa shape index (κ3) is 6.19. The number of anilines is 1. The predicted molar refractivity (Wildman–Crippen MR) is 130 cm³/mol. The molecule has 3 N–H and O–H groups in total. The van der Waals surface area contributed by atoms with Gasteiger partial charge in [-0.05, 0) is 48.1 Å². The Labute approximate surface area is 196 Å². The van der Waals surface area contributed by atoms with E-state index >= 15 is 0 Å². The van der Waals surface area contributed by atoms with Gasteiger partial charge in [0.15, 0.2) is 5.11 Å². The Balaban J connectivity index is 1.77. The standard InChI is InChI=1S/C22H23Cl2N5OS/c1-22(2,3)19-12-18(29(28-19)13-14-9-10-15(23)11-17(14)24)20(30)26-27-21(31)25-16-7-5-4-6-8-16/h4-12H,13H2,1-3H3,(H,26,30)(H2,25,27,31). The summed E-state index contributed by atoms with van der Waals surface area (Å²) in [7, 11) is 0. The number of carbonyl (C=O) groups is 1. The molecule has 0 radical (unpaired) electrons. The lowest BCUT2D eigenvalue weighted by atomic mass is 9.92. The normalized spacial score (nSPS) is 11.1. The van der Waals surface area contributed by atoms with Gasteiger partial charge in [-0.15, -0.1) is 0 Å². The average molecular weight is 476 g/mol. The number of hydrogen-bond donors (Lipinski definition) is 3. The van der Waals surface area contributed by atoms with E-state index in [0.717, 1.165) is 16.9 Å². The second kappa shape index (κ2) is 9.68. The highest BCUT2D eigenvalue weighted by Gasteiger charge is 2.23. The van der Waals surface area contributed by atoms with Crippen molar-refractivity contribution in [2.24, 2.45) is 0 Å². The first-order chi connectivity index (χ1) is 14.6. The van der Waals surface area contributed by atoms with Gasteiger partial charge in [0.2, 0.25) is 0 Å². The van der Waals surface area contributed by atoms with Gasteiger partial charge in [-0.1, -0.05) is 68.2 Å². The van der Waals surface area contributed by atoms with E-state index in [4.69, 9.17) is 35.4 Å². The number of hydrazine groups is 1. The second-order valence-electron chi connectivity index (χ2n) is 7.96. The molecule has 1 heterocycles. The van der Waals surface area contributed by atoms with Crippen LogP contribution in [0.25, 0.3) is 0 Å². The molecule has 31 heavy (non-hydrogen) atoms. The van der Waals surface area contributed by atoms with Crippen LogP contribution in [0.1, 0.15) is 42.5 Å². The molecular weight excluding hydrogens is 453 g/mol. The monoisotopic (exact) mass is 475 g/mol. The molecule has 162 valence electrons. The first kappa shape index (κ1) is 23.1. The molecule has 0 bridgehead atoms. The maximum atomic E-state index is 12.9. The quantitative estimate of drug-likeness (QED) is 0.358. The number of para-hydroxylation sites is 1. The molecule has 6 nitrogen and oxygen atoms in total. The van der Waals surface area contributed by atoms with E-state index < -0.39 is 0 Å². The van der Waals surface area contributed by atoms with E-state index in [-0.39, 0.29) is 16.4 Å². The third-order valence-corrected chi connectivity index (χ3v) is 5.23. The van der Waals surface area contributed by atoms with Crippen molar-refractivity contribution in [2.75, 3.05) is 5.32 Å². The average Bonchev–Trinajstić information content (AvgIpc) is 3.13. The van der Waals surface area contributed by atoms with Crippen molar-refractivity contribution in [1.82, 2.24) is 20.6 Å².